The number of thioether (sulfide) groups is 1. The van der Waals surface area contributed by atoms with E-state index in [-0.39, 0.29) is 21.5 Å². The second kappa shape index (κ2) is 6.65. The second-order valence-electron chi connectivity index (χ2n) is 6.35. The minimum atomic E-state index is -1.30. The van der Waals surface area contributed by atoms with Crippen LogP contribution in [-0.4, -0.2) is 30.0 Å². The van der Waals surface area contributed by atoms with Gasteiger partial charge in [0.15, 0.2) is 5.17 Å². The number of amidine groups is 1. The summed E-state index contributed by atoms with van der Waals surface area (Å²) in [7, 11) is 1.66. The molecule has 2 heterocycles. The average Bonchev–Trinajstić information content (AvgIpc) is 3.14. The number of carboxylic acids is 1. The molecule has 0 atom stereocenters. The number of likely N-dealkylation sites (N-methyl/N-ethyl adjacent to an activating group) is 1. The van der Waals surface area contributed by atoms with Crippen LogP contribution in [-0.2, 0) is 9.59 Å². The average molecular weight is 392 g/mol. The van der Waals surface area contributed by atoms with Gasteiger partial charge in [0.1, 0.15) is 0 Å². The first-order valence-corrected chi connectivity index (χ1v) is 9.20. The molecule has 2 aromatic carbocycles. The van der Waals surface area contributed by atoms with E-state index in [1.165, 1.54) is 17.0 Å². The lowest BCUT2D eigenvalue weighted by Gasteiger charge is -2.08. The Bertz CT molecular complexity index is 1120. The Morgan fingerprint density at radius 2 is 1.93 bits per heavy atom. The SMILES string of the molecule is Cc1ccc(C(=O)[O-])cc1N=C1NC(=O)/C(=C2/C(=O)N(C)c3ccccc32)S1. The summed E-state index contributed by atoms with van der Waals surface area (Å²) >= 11 is 1.06. The first-order valence-electron chi connectivity index (χ1n) is 8.38. The number of aliphatic imine (C=N–C) groups is 1. The summed E-state index contributed by atoms with van der Waals surface area (Å²) in [5.41, 5.74) is 2.93. The van der Waals surface area contributed by atoms with Crippen LogP contribution < -0.4 is 15.3 Å². The number of anilines is 1. The van der Waals surface area contributed by atoms with Crippen molar-refractivity contribution in [1.29, 1.82) is 0 Å². The molecular formula is C20H14N3O4S-. The van der Waals surface area contributed by atoms with Gasteiger partial charge < -0.3 is 20.1 Å². The molecule has 0 saturated carbocycles. The highest BCUT2D eigenvalue weighted by atomic mass is 32.2. The highest BCUT2D eigenvalue weighted by Crippen LogP contribution is 2.42. The molecule has 0 aliphatic carbocycles. The van der Waals surface area contributed by atoms with Crippen LogP contribution >= 0.6 is 11.8 Å². The van der Waals surface area contributed by atoms with Crippen molar-refractivity contribution in [3.05, 3.63) is 64.1 Å². The van der Waals surface area contributed by atoms with Gasteiger partial charge in [-0.05, 0) is 41.9 Å². The molecule has 0 aromatic heterocycles. The smallest absolute Gasteiger partial charge is 0.264 e. The molecule has 1 N–H and O–H groups in total. The molecule has 8 heteroatoms. The number of hydrogen-bond acceptors (Lipinski definition) is 6. The molecule has 4 rings (SSSR count). The summed E-state index contributed by atoms with van der Waals surface area (Å²) in [6.07, 6.45) is 0. The Morgan fingerprint density at radius 1 is 1.18 bits per heavy atom. The number of amides is 2. The Labute approximate surface area is 164 Å². The van der Waals surface area contributed by atoms with Crippen LogP contribution in [0.25, 0.3) is 5.57 Å². The fourth-order valence-electron chi connectivity index (χ4n) is 3.09. The minimum Gasteiger partial charge on any atom is -0.545 e. The molecule has 0 spiro atoms. The van der Waals surface area contributed by atoms with E-state index < -0.39 is 11.9 Å². The molecule has 1 saturated heterocycles. The number of aryl methyl sites for hydroxylation is 1. The van der Waals surface area contributed by atoms with Crippen LogP contribution in [0.5, 0.6) is 0 Å². The van der Waals surface area contributed by atoms with Gasteiger partial charge in [0.05, 0.1) is 27.8 Å². The molecule has 2 aromatic rings. The monoisotopic (exact) mass is 392 g/mol. The standard InChI is InChI=1S/C20H15N3O4S/c1-10-7-8-11(19(26)27)9-13(10)21-20-22-17(24)16(28-20)15-12-5-3-4-6-14(12)23(2)18(15)25/h3-9H,1-2H3,(H,26,27)(H,21,22,24)/p-1/b16-15-. The molecule has 140 valence electrons. The van der Waals surface area contributed by atoms with E-state index in [0.717, 1.165) is 23.0 Å². The van der Waals surface area contributed by atoms with Crippen LogP contribution in [0, 0.1) is 6.92 Å². The van der Waals surface area contributed by atoms with E-state index in [4.69, 9.17) is 0 Å². The van der Waals surface area contributed by atoms with Gasteiger partial charge in [0, 0.05) is 12.6 Å². The van der Waals surface area contributed by atoms with Crippen molar-refractivity contribution in [1.82, 2.24) is 5.32 Å². The van der Waals surface area contributed by atoms with Gasteiger partial charge in [-0.15, -0.1) is 0 Å². The fourth-order valence-corrected chi connectivity index (χ4v) is 4.02. The molecular weight excluding hydrogens is 378 g/mol. The summed E-state index contributed by atoms with van der Waals surface area (Å²) in [5, 5.41) is 14.0. The zero-order valence-corrected chi connectivity index (χ0v) is 15.8. The molecule has 0 bridgehead atoms. The number of para-hydroxylation sites is 1. The largest absolute Gasteiger partial charge is 0.545 e. The predicted molar refractivity (Wildman–Crippen MR) is 105 cm³/mol. The first-order chi connectivity index (χ1) is 13.4. The molecule has 2 amide bonds. The van der Waals surface area contributed by atoms with Crippen molar-refractivity contribution in [2.45, 2.75) is 6.92 Å². The lowest BCUT2D eigenvalue weighted by atomic mass is 10.1. The third-order valence-electron chi connectivity index (χ3n) is 4.57. The molecule has 0 radical (unpaired) electrons. The maximum atomic E-state index is 12.7. The normalized spacial score (nSPS) is 19.9. The van der Waals surface area contributed by atoms with Gasteiger partial charge in [-0.1, -0.05) is 30.3 Å². The summed E-state index contributed by atoms with van der Waals surface area (Å²) in [5.74, 6) is -1.97. The van der Waals surface area contributed by atoms with E-state index in [9.17, 15) is 19.5 Å². The molecule has 2 aliphatic rings. The van der Waals surface area contributed by atoms with Crippen molar-refractivity contribution in [3.8, 4) is 0 Å². The third kappa shape index (κ3) is 2.87. The summed E-state index contributed by atoms with van der Waals surface area (Å²) < 4.78 is 0. The molecule has 28 heavy (non-hydrogen) atoms. The van der Waals surface area contributed by atoms with Crippen LogP contribution in [0.1, 0.15) is 21.5 Å². The van der Waals surface area contributed by atoms with E-state index in [1.807, 2.05) is 18.2 Å². The van der Waals surface area contributed by atoms with Gasteiger partial charge in [-0.25, -0.2) is 4.99 Å². The number of aromatic carboxylic acids is 1. The molecule has 7 nitrogen and oxygen atoms in total. The first kappa shape index (κ1) is 18.0. The number of hydrogen-bond donors (Lipinski definition) is 1. The highest BCUT2D eigenvalue weighted by Gasteiger charge is 2.37. The van der Waals surface area contributed by atoms with E-state index >= 15 is 0 Å². The van der Waals surface area contributed by atoms with E-state index in [2.05, 4.69) is 10.3 Å². The van der Waals surface area contributed by atoms with Crippen LogP contribution in [0.2, 0.25) is 0 Å². The second-order valence-corrected chi connectivity index (χ2v) is 7.35. The quantitative estimate of drug-likeness (QED) is 0.782. The summed E-state index contributed by atoms with van der Waals surface area (Å²) in [6, 6.07) is 11.7. The molecule has 1 fully saturated rings. The number of carbonyl (C=O) groups excluding carboxylic acids is 3. The van der Waals surface area contributed by atoms with Crippen LogP contribution in [0.4, 0.5) is 11.4 Å². The number of rotatable bonds is 2. The predicted octanol–water partition coefficient (Wildman–Crippen LogP) is 1.60. The lowest BCUT2D eigenvalue weighted by molar-refractivity contribution is -0.255. The Morgan fingerprint density at radius 3 is 2.68 bits per heavy atom. The maximum Gasteiger partial charge on any atom is 0.264 e. The third-order valence-corrected chi connectivity index (χ3v) is 5.55. The van der Waals surface area contributed by atoms with Gasteiger partial charge in [0.25, 0.3) is 11.8 Å². The molecule has 0 unspecified atom stereocenters. The topological polar surface area (TPSA) is 102 Å². The maximum absolute atomic E-state index is 12.7. The van der Waals surface area contributed by atoms with Gasteiger partial charge in [-0.3, -0.25) is 9.59 Å². The van der Waals surface area contributed by atoms with Crippen molar-refractivity contribution >= 4 is 51.7 Å². The summed E-state index contributed by atoms with van der Waals surface area (Å²) in [6.45, 7) is 1.78. The number of nitrogens with zero attached hydrogens (tertiary/aromatic N) is 2. The zero-order chi connectivity index (χ0) is 20.0. The van der Waals surface area contributed by atoms with Gasteiger partial charge >= 0.3 is 0 Å². The number of nitrogens with one attached hydrogen (secondary N) is 1. The van der Waals surface area contributed by atoms with Crippen LogP contribution in [0.3, 0.4) is 0 Å². The van der Waals surface area contributed by atoms with E-state index in [0.29, 0.717) is 16.8 Å². The van der Waals surface area contributed by atoms with Crippen molar-refractivity contribution in [3.63, 3.8) is 0 Å². The summed E-state index contributed by atoms with van der Waals surface area (Å²) in [4.78, 5) is 42.5. The Balaban J connectivity index is 1.76. The van der Waals surface area contributed by atoms with Crippen molar-refractivity contribution in [2.75, 3.05) is 11.9 Å². The number of benzene rings is 2. The van der Waals surface area contributed by atoms with Gasteiger partial charge in [-0.2, -0.15) is 0 Å². The van der Waals surface area contributed by atoms with Crippen LogP contribution in [0.15, 0.2) is 52.4 Å². The number of carbonyl (C=O) groups is 3. The highest BCUT2D eigenvalue weighted by molar-refractivity contribution is 8.18. The minimum absolute atomic E-state index is 0.000579. The fraction of sp³-hybridized carbons (Fsp3) is 0.100. The number of carboxylic acid groups (broad SMARTS) is 1. The molecule has 2 aliphatic heterocycles. The zero-order valence-electron chi connectivity index (χ0n) is 15.0. The Hall–Kier alpha value is -3.39. The number of fused-ring (bicyclic) bond motifs is 1. The van der Waals surface area contributed by atoms with Crippen molar-refractivity contribution in [2.24, 2.45) is 4.99 Å². The lowest BCUT2D eigenvalue weighted by Crippen LogP contribution is -2.23. The van der Waals surface area contributed by atoms with Gasteiger partial charge in [0.2, 0.25) is 0 Å². The van der Waals surface area contributed by atoms with Crippen molar-refractivity contribution < 1.29 is 19.5 Å². The van der Waals surface area contributed by atoms with E-state index in [1.54, 1.807) is 26.1 Å². The Kier molecular flexibility index (Phi) is 4.27.